The zero-order valence-electron chi connectivity index (χ0n) is 14.5. The van der Waals surface area contributed by atoms with E-state index in [1.165, 1.54) is 15.0 Å². The van der Waals surface area contributed by atoms with Crippen LogP contribution < -0.4 is 5.32 Å². The minimum absolute atomic E-state index is 0.216. The number of carbonyl (C=O) groups is 1. The van der Waals surface area contributed by atoms with Crippen LogP contribution in [0.15, 0.2) is 30.3 Å². The highest BCUT2D eigenvalue weighted by Gasteiger charge is 2.24. The van der Waals surface area contributed by atoms with Crippen molar-refractivity contribution in [3.8, 4) is 0 Å². The molecule has 1 atom stereocenters. The van der Waals surface area contributed by atoms with Crippen molar-refractivity contribution in [1.82, 2.24) is 10.2 Å². The molecule has 0 saturated carbocycles. The van der Waals surface area contributed by atoms with Crippen molar-refractivity contribution in [1.29, 1.82) is 0 Å². The third-order valence-electron chi connectivity index (χ3n) is 4.72. The number of nitrogens with zero attached hydrogens (tertiary/aromatic N) is 1. The van der Waals surface area contributed by atoms with Crippen molar-refractivity contribution in [2.75, 3.05) is 26.8 Å². The Labute approximate surface area is 147 Å². The predicted octanol–water partition coefficient (Wildman–Crippen LogP) is 3.58. The second-order valence-electron chi connectivity index (χ2n) is 6.47. The molecule has 1 aromatic carbocycles. The zero-order valence-corrected chi connectivity index (χ0v) is 15.3. The second kappa shape index (κ2) is 8.10. The summed E-state index contributed by atoms with van der Waals surface area (Å²) in [4.78, 5) is 15.4. The van der Waals surface area contributed by atoms with Gasteiger partial charge in [-0.25, -0.2) is 0 Å². The van der Waals surface area contributed by atoms with Crippen LogP contribution in [-0.4, -0.2) is 43.7 Å². The molecule has 2 aromatic rings. The third kappa shape index (κ3) is 4.15. The van der Waals surface area contributed by atoms with Gasteiger partial charge in [0.05, 0.1) is 13.0 Å². The van der Waals surface area contributed by atoms with Crippen LogP contribution >= 0.6 is 11.3 Å². The molecule has 1 fully saturated rings. The third-order valence-corrected chi connectivity index (χ3v) is 6.02. The van der Waals surface area contributed by atoms with Crippen LogP contribution in [-0.2, 0) is 9.53 Å². The number of fused-ring (bicyclic) bond motifs is 1. The Bertz CT molecular complexity index is 644. The molecular weight excluding hydrogens is 320 g/mol. The fourth-order valence-electron chi connectivity index (χ4n) is 3.29. The van der Waals surface area contributed by atoms with E-state index >= 15 is 0 Å². The fraction of sp³-hybridized carbons (Fsp3) is 0.526. The Morgan fingerprint density at radius 3 is 2.83 bits per heavy atom. The summed E-state index contributed by atoms with van der Waals surface area (Å²) in [5.41, 5.74) is 0. The normalized spacial score (nSPS) is 17.3. The second-order valence-corrected chi connectivity index (χ2v) is 7.59. The van der Waals surface area contributed by atoms with Gasteiger partial charge in [-0.1, -0.05) is 18.2 Å². The summed E-state index contributed by atoms with van der Waals surface area (Å²) in [7, 11) is 1.64. The standard InChI is InChI=1S/C19H26N2O2S/c1-14(18-13-15-5-3-4-6-17(15)24-18)20-16-7-10-21(11-8-16)19(22)9-12-23-2/h3-6,13-14,16,20H,7-12H2,1-2H3. The molecule has 0 aliphatic carbocycles. The monoisotopic (exact) mass is 346 g/mol. The summed E-state index contributed by atoms with van der Waals surface area (Å²) in [5, 5.41) is 5.07. The van der Waals surface area contributed by atoms with Gasteiger partial charge in [0.2, 0.25) is 5.91 Å². The van der Waals surface area contributed by atoms with Gasteiger partial charge in [-0.3, -0.25) is 4.79 Å². The minimum atomic E-state index is 0.216. The van der Waals surface area contributed by atoms with E-state index < -0.39 is 0 Å². The molecule has 1 aliphatic rings. The number of nitrogens with one attached hydrogen (secondary N) is 1. The lowest BCUT2D eigenvalue weighted by atomic mass is 10.0. The largest absolute Gasteiger partial charge is 0.384 e. The highest BCUT2D eigenvalue weighted by Crippen LogP contribution is 2.30. The molecule has 0 spiro atoms. The number of carbonyl (C=O) groups excluding carboxylic acids is 1. The summed E-state index contributed by atoms with van der Waals surface area (Å²) in [5.74, 6) is 0.216. The van der Waals surface area contributed by atoms with Gasteiger partial charge in [-0.15, -0.1) is 11.3 Å². The van der Waals surface area contributed by atoms with Crippen molar-refractivity contribution in [2.45, 2.75) is 38.3 Å². The number of amides is 1. The van der Waals surface area contributed by atoms with Crippen molar-refractivity contribution < 1.29 is 9.53 Å². The Hall–Kier alpha value is -1.43. The van der Waals surface area contributed by atoms with E-state index in [0.29, 0.717) is 25.1 Å². The Kier molecular flexibility index (Phi) is 5.87. The fourth-order valence-corrected chi connectivity index (χ4v) is 4.37. The molecule has 5 heteroatoms. The SMILES string of the molecule is COCCC(=O)N1CCC(NC(C)c2cc3ccccc3s2)CC1. The number of thiophene rings is 1. The van der Waals surface area contributed by atoms with Crippen LogP contribution in [0, 0.1) is 0 Å². The number of methoxy groups -OCH3 is 1. The van der Waals surface area contributed by atoms with Gasteiger partial charge in [-0.2, -0.15) is 0 Å². The number of ether oxygens (including phenoxy) is 1. The van der Waals surface area contributed by atoms with Crippen molar-refractivity contribution in [3.05, 3.63) is 35.2 Å². The first-order valence-corrected chi connectivity index (χ1v) is 9.50. The van der Waals surface area contributed by atoms with Crippen LogP contribution in [0.4, 0.5) is 0 Å². The van der Waals surface area contributed by atoms with Crippen molar-refractivity contribution in [2.24, 2.45) is 0 Å². The lowest BCUT2D eigenvalue weighted by molar-refractivity contribution is -0.133. The first-order chi connectivity index (χ1) is 11.7. The summed E-state index contributed by atoms with van der Waals surface area (Å²) in [6.07, 6.45) is 2.54. The van der Waals surface area contributed by atoms with E-state index in [-0.39, 0.29) is 5.91 Å². The molecule has 1 saturated heterocycles. The molecular formula is C19H26N2O2S. The predicted molar refractivity (Wildman–Crippen MR) is 99.5 cm³/mol. The smallest absolute Gasteiger partial charge is 0.224 e. The average molecular weight is 346 g/mol. The van der Waals surface area contributed by atoms with E-state index in [9.17, 15) is 4.79 Å². The Morgan fingerprint density at radius 2 is 2.12 bits per heavy atom. The summed E-state index contributed by atoms with van der Waals surface area (Å²) in [6, 6.07) is 11.7. The molecule has 4 nitrogen and oxygen atoms in total. The molecule has 1 N–H and O–H groups in total. The maximum Gasteiger partial charge on any atom is 0.224 e. The molecule has 1 unspecified atom stereocenters. The lowest BCUT2D eigenvalue weighted by Crippen LogP contribution is -2.45. The Balaban J connectivity index is 1.51. The molecule has 1 aliphatic heterocycles. The number of hydrogen-bond acceptors (Lipinski definition) is 4. The van der Waals surface area contributed by atoms with E-state index in [2.05, 4.69) is 42.6 Å². The van der Waals surface area contributed by atoms with Crippen LogP contribution in [0.25, 0.3) is 10.1 Å². The molecule has 3 rings (SSSR count). The van der Waals surface area contributed by atoms with Gasteiger partial charge < -0.3 is 15.0 Å². The molecule has 1 aromatic heterocycles. The van der Waals surface area contributed by atoms with Gasteiger partial charge in [0.15, 0.2) is 0 Å². The lowest BCUT2D eigenvalue weighted by Gasteiger charge is -2.34. The number of hydrogen-bond donors (Lipinski definition) is 1. The maximum atomic E-state index is 12.0. The number of piperidine rings is 1. The van der Waals surface area contributed by atoms with Gasteiger partial charge >= 0.3 is 0 Å². The van der Waals surface area contributed by atoms with E-state index in [0.717, 1.165) is 25.9 Å². The molecule has 130 valence electrons. The number of benzene rings is 1. The van der Waals surface area contributed by atoms with Crippen LogP contribution in [0.5, 0.6) is 0 Å². The molecule has 24 heavy (non-hydrogen) atoms. The molecule has 0 bridgehead atoms. The minimum Gasteiger partial charge on any atom is -0.384 e. The van der Waals surface area contributed by atoms with E-state index in [4.69, 9.17) is 4.74 Å². The van der Waals surface area contributed by atoms with Crippen LogP contribution in [0.1, 0.15) is 37.1 Å². The quantitative estimate of drug-likeness (QED) is 0.869. The van der Waals surface area contributed by atoms with E-state index in [1.54, 1.807) is 7.11 Å². The molecule has 0 radical (unpaired) electrons. The van der Waals surface area contributed by atoms with E-state index in [1.807, 2.05) is 16.2 Å². The summed E-state index contributed by atoms with van der Waals surface area (Å²) < 4.78 is 6.34. The topological polar surface area (TPSA) is 41.6 Å². The first-order valence-electron chi connectivity index (χ1n) is 8.68. The van der Waals surface area contributed by atoms with Crippen LogP contribution in [0.3, 0.4) is 0 Å². The van der Waals surface area contributed by atoms with Crippen molar-refractivity contribution >= 4 is 27.3 Å². The first kappa shape index (κ1) is 17.4. The Morgan fingerprint density at radius 1 is 1.38 bits per heavy atom. The van der Waals surface area contributed by atoms with Gasteiger partial charge in [0.1, 0.15) is 0 Å². The molecule has 1 amide bonds. The zero-order chi connectivity index (χ0) is 16.9. The highest BCUT2D eigenvalue weighted by molar-refractivity contribution is 7.19. The van der Waals surface area contributed by atoms with Crippen LogP contribution in [0.2, 0.25) is 0 Å². The molecule has 2 heterocycles. The van der Waals surface area contributed by atoms with Gasteiger partial charge in [0, 0.05) is 41.9 Å². The average Bonchev–Trinajstić information content (AvgIpc) is 3.04. The summed E-state index contributed by atoms with van der Waals surface area (Å²) in [6.45, 7) is 4.44. The number of likely N-dealkylation sites (tertiary alicyclic amines) is 1. The van der Waals surface area contributed by atoms with Gasteiger partial charge in [0.25, 0.3) is 0 Å². The van der Waals surface area contributed by atoms with Gasteiger partial charge in [-0.05, 0) is 37.3 Å². The maximum absolute atomic E-state index is 12.0. The number of rotatable bonds is 6. The van der Waals surface area contributed by atoms with Crippen molar-refractivity contribution in [3.63, 3.8) is 0 Å². The summed E-state index contributed by atoms with van der Waals surface area (Å²) >= 11 is 1.87. The highest BCUT2D eigenvalue weighted by atomic mass is 32.1.